The molecule has 4 rings (SSSR count). The normalized spacial score (nSPS) is 29.0. The van der Waals surface area contributed by atoms with Crippen molar-refractivity contribution in [1.82, 2.24) is 15.1 Å². The fourth-order valence-corrected chi connectivity index (χ4v) is 5.26. The molecule has 0 bridgehead atoms. The lowest BCUT2D eigenvalue weighted by Gasteiger charge is -2.43. The van der Waals surface area contributed by atoms with Crippen LogP contribution in [0.1, 0.15) is 38.2 Å². The molecule has 3 saturated heterocycles. The average Bonchev–Trinajstić information content (AvgIpc) is 3.24. The van der Waals surface area contributed by atoms with Crippen LogP contribution in [0.25, 0.3) is 0 Å². The molecule has 7 heteroatoms. The van der Waals surface area contributed by atoms with Gasteiger partial charge in [-0.1, -0.05) is 12.1 Å². The number of hydrogen-bond acceptors (Lipinski definition) is 6. The smallest absolute Gasteiger partial charge is 0.222 e. The van der Waals surface area contributed by atoms with Crippen molar-refractivity contribution in [1.29, 1.82) is 0 Å². The molecule has 1 aromatic rings. The molecular weight excluding hydrogens is 394 g/mol. The summed E-state index contributed by atoms with van der Waals surface area (Å²) in [5, 5.41) is 3.28. The van der Waals surface area contributed by atoms with E-state index in [1.165, 1.54) is 18.4 Å². The van der Waals surface area contributed by atoms with E-state index in [0.717, 1.165) is 51.4 Å². The average molecular weight is 432 g/mol. The number of ether oxygens (including phenoxy) is 3. The lowest BCUT2D eigenvalue weighted by molar-refractivity contribution is -0.129. The number of morpholine rings is 1. The van der Waals surface area contributed by atoms with Crippen molar-refractivity contribution in [2.75, 3.05) is 46.6 Å². The topological polar surface area (TPSA) is 63.3 Å². The van der Waals surface area contributed by atoms with Crippen molar-refractivity contribution in [3.63, 3.8) is 0 Å². The van der Waals surface area contributed by atoms with E-state index < -0.39 is 0 Å². The van der Waals surface area contributed by atoms with Crippen LogP contribution in [-0.2, 0) is 20.7 Å². The standard InChI is InChI=1S/C24H37N3O4/c1-18(17-29-2)31-22-7-5-19(6-8-22)14-20-4-3-9-27(20)23-15-21(16-24(28)25-23)26-10-12-30-13-11-26/h5-8,18,20-21,23H,3-4,9-17H2,1-2H3,(H,25,28)/t18-,20-,21?,23?/m1/s1. The number of amides is 1. The lowest BCUT2D eigenvalue weighted by Crippen LogP contribution is -2.59. The summed E-state index contributed by atoms with van der Waals surface area (Å²) >= 11 is 0. The number of carbonyl (C=O) groups is 1. The molecular formula is C24H37N3O4. The predicted molar refractivity (Wildman–Crippen MR) is 119 cm³/mol. The number of nitrogens with one attached hydrogen (secondary N) is 1. The van der Waals surface area contributed by atoms with Crippen LogP contribution in [0.3, 0.4) is 0 Å². The monoisotopic (exact) mass is 431 g/mol. The minimum atomic E-state index is 0.0375. The van der Waals surface area contributed by atoms with Gasteiger partial charge in [-0.25, -0.2) is 0 Å². The molecule has 0 saturated carbocycles. The summed E-state index contributed by atoms with van der Waals surface area (Å²) in [5.74, 6) is 1.06. The summed E-state index contributed by atoms with van der Waals surface area (Å²) in [7, 11) is 1.69. The van der Waals surface area contributed by atoms with E-state index >= 15 is 0 Å². The molecule has 3 aliphatic heterocycles. The Morgan fingerprint density at radius 2 is 1.97 bits per heavy atom. The Bertz CT molecular complexity index is 707. The second-order valence-electron chi connectivity index (χ2n) is 9.09. The van der Waals surface area contributed by atoms with Crippen LogP contribution in [0.2, 0.25) is 0 Å². The molecule has 0 aromatic heterocycles. The van der Waals surface area contributed by atoms with E-state index in [2.05, 4.69) is 39.4 Å². The number of benzene rings is 1. The molecule has 0 radical (unpaired) electrons. The van der Waals surface area contributed by atoms with Gasteiger partial charge in [-0.15, -0.1) is 0 Å². The third kappa shape index (κ3) is 5.98. The van der Waals surface area contributed by atoms with Gasteiger partial charge in [-0.05, 0) is 50.3 Å². The Labute approximate surface area is 186 Å². The fraction of sp³-hybridized carbons (Fsp3) is 0.708. The maximum atomic E-state index is 12.5. The summed E-state index contributed by atoms with van der Waals surface area (Å²) in [6.07, 6.45) is 5.16. The van der Waals surface area contributed by atoms with Gasteiger partial charge in [-0.2, -0.15) is 0 Å². The first-order chi connectivity index (χ1) is 15.1. The minimum Gasteiger partial charge on any atom is -0.488 e. The summed E-state index contributed by atoms with van der Waals surface area (Å²) in [6, 6.07) is 9.24. The van der Waals surface area contributed by atoms with Crippen LogP contribution in [-0.4, -0.2) is 86.6 Å². The van der Waals surface area contributed by atoms with Crippen molar-refractivity contribution >= 4 is 5.91 Å². The van der Waals surface area contributed by atoms with Gasteiger partial charge in [0.1, 0.15) is 11.9 Å². The molecule has 1 N–H and O–H groups in total. The SMILES string of the molecule is COC[C@@H](C)Oc1ccc(C[C@H]2CCCN2C2CC(N3CCOCC3)CC(=O)N2)cc1. The largest absolute Gasteiger partial charge is 0.488 e. The Balaban J connectivity index is 1.35. The molecule has 172 valence electrons. The Kier molecular flexibility index (Phi) is 7.82. The second kappa shape index (κ2) is 10.8. The zero-order valence-electron chi connectivity index (χ0n) is 18.9. The third-order valence-electron chi connectivity index (χ3n) is 6.76. The number of nitrogens with zero attached hydrogens (tertiary/aromatic N) is 2. The first kappa shape index (κ1) is 22.5. The van der Waals surface area contributed by atoms with Crippen LogP contribution < -0.4 is 10.1 Å². The van der Waals surface area contributed by atoms with Gasteiger partial charge in [0.15, 0.2) is 0 Å². The van der Waals surface area contributed by atoms with Gasteiger partial charge in [0.05, 0.1) is 26.0 Å². The summed E-state index contributed by atoms with van der Waals surface area (Å²) in [4.78, 5) is 17.5. The maximum Gasteiger partial charge on any atom is 0.222 e. The highest BCUT2D eigenvalue weighted by molar-refractivity contribution is 5.77. The molecule has 0 spiro atoms. The van der Waals surface area contributed by atoms with Gasteiger partial charge in [0, 0.05) is 45.2 Å². The Morgan fingerprint density at radius 1 is 1.19 bits per heavy atom. The van der Waals surface area contributed by atoms with Crippen molar-refractivity contribution in [2.45, 2.75) is 63.4 Å². The van der Waals surface area contributed by atoms with Gasteiger partial charge < -0.3 is 19.5 Å². The molecule has 1 amide bonds. The highest BCUT2D eigenvalue weighted by atomic mass is 16.5. The fourth-order valence-electron chi connectivity index (χ4n) is 5.26. The molecule has 31 heavy (non-hydrogen) atoms. The molecule has 1 aromatic carbocycles. The number of likely N-dealkylation sites (tertiary alicyclic amines) is 1. The van der Waals surface area contributed by atoms with Gasteiger partial charge in [-0.3, -0.25) is 14.6 Å². The number of hydrogen-bond donors (Lipinski definition) is 1. The van der Waals surface area contributed by atoms with Crippen LogP contribution in [0.15, 0.2) is 24.3 Å². The van der Waals surface area contributed by atoms with Gasteiger partial charge in [0.25, 0.3) is 0 Å². The molecule has 0 aliphatic carbocycles. The number of rotatable bonds is 8. The van der Waals surface area contributed by atoms with E-state index in [-0.39, 0.29) is 18.2 Å². The van der Waals surface area contributed by atoms with Crippen molar-refractivity contribution in [3.05, 3.63) is 29.8 Å². The highest BCUT2D eigenvalue weighted by Crippen LogP contribution is 2.28. The molecule has 7 nitrogen and oxygen atoms in total. The second-order valence-corrected chi connectivity index (χ2v) is 9.09. The number of carbonyl (C=O) groups excluding carboxylic acids is 1. The Hall–Kier alpha value is -1.67. The summed E-state index contributed by atoms with van der Waals surface area (Å²) < 4.78 is 16.5. The molecule has 3 fully saturated rings. The van der Waals surface area contributed by atoms with E-state index in [4.69, 9.17) is 14.2 Å². The Morgan fingerprint density at radius 3 is 2.71 bits per heavy atom. The van der Waals surface area contributed by atoms with Gasteiger partial charge >= 0.3 is 0 Å². The number of methoxy groups -OCH3 is 1. The van der Waals surface area contributed by atoms with Crippen LogP contribution >= 0.6 is 0 Å². The lowest BCUT2D eigenvalue weighted by atomic mass is 9.98. The van der Waals surface area contributed by atoms with Crippen LogP contribution in [0.4, 0.5) is 0 Å². The molecule has 3 aliphatic rings. The predicted octanol–water partition coefficient (Wildman–Crippen LogP) is 2.04. The highest BCUT2D eigenvalue weighted by Gasteiger charge is 2.38. The van der Waals surface area contributed by atoms with Crippen molar-refractivity contribution in [3.8, 4) is 5.75 Å². The first-order valence-electron chi connectivity index (χ1n) is 11.7. The third-order valence-corrected chi connectivity index (χ3v) is 6.76. The minimum absolute atomic E-state index is 0.0375. The summed E-state index contributed by atoms with van der Waals surface area (Å²) in [5.41, 5.74) is 1.32. The molecule has 2 unspecified atom stereocenters. The summed E-state index contributed by atoms with van der Waals surface area (Å²) in [6.45, 7) is 7.07. The zero-order valence-corrected chi connectivity index (χ0v) is 18.9. The van der Waals surface area contributed by atoms with E-state index in [9.17, 15) is 4.79 Å². The molecule has 3 heterocycles. The number of piperidine rings is 1. The van der Waals surface area contributed by atoms with E-state index in [1.807, 2.05) is 6.92 Å². The van der Waals surface area contributed by atoms with Gasteiger partial charge in [0.2, 0.25) is 5.91 Å². The quantitative estimate of drug-likeness (QED) is 0.680. The zero-order chi connectivity index (χ0) is 21.6. The molecule has 4 atom stereocenters. The first-order valence-corrected chi connectivity index (χ1v) is 11.7. The maximum absolute atomic E-state index is 12.5. The van der Waals surface area contributed by atoms with E-state index in [0.29, 0.717) is 25.1 Å². The van der Waals surface area contributed by atoms with Crippen molar-refractivity contribution < 1.29 is 19.0 Å². The van der Waals surface area contributed by atoms with Crippen LogP contribution in [0, 0.1) is 0 Å². The van der Waals surface area contributed by atoms with Crippen LogP contribution in [0.5, 0.6) is 5.75 Å². The van der Waals surface area contributed by atoms with Crippen molar-refractivity contribution in [2.24, 2.45) is 0 Å². The van der Waals surface area contributed by atoms with E-state index in [1.54, 1.807) is 7.11 Å².